The average Bonchev–Trinajstić information content (AvgIpc) is 2.93. The molecular formula is C33H35ClN4O3. The van der Waals surface area contributed by atoms with E-state index in [1.165, 1.54) is 4.57 Å². The van der Waals surface area contributed by atoms with Gasteiger partial charge in [0.05, 0.1) is 0 Å². The number of rotatable bonds is 7. The van der Waals surface area contributed by atoms with E-state index in [0.717, 1.165) is 27.8 Å². The summed E-state index contributed by atoms with van der Waals surface area (Å²) in [6.45, 7) is 10.2. The van der Waals surface area contributed by atoms with Crippen LogP contribution in [0.2, 0.25) is 0 Å². The van der Waals surface area contributed by atoms with Crippen LogP contribution < -0.4 is 21.5 Å². The number of carbonyl (C=O) groups is 2. The third-order valence-corrected chi connectivity index (χ3v) is 7.24. The van der Waals surface area contributed by atoms with Crippen LogP contribution in [-0.4, -0.2) is 22.3 Å². The molecule has 0 atom stereocenters. The molecule has 4 aromatic rings. The number of pyridine rings is 1. The number of anilines is 4. The highest BCUT2D eigenvalue weighted by molar-refractivity contribution is 6.29. The minimum atomic E-state index is -0.311. The van der Waals surface area contributed by atoms with Gasteiger partial charge in [0.15, 0.2) is 0 Å². The fraction of sp³-hybridized carbons (Fsp3) is 0.242. The molecule has 0 aliphatic heterocycles. The van der Waals surface area contributed by atoms with Gasteiger partial charge >= 0.3 is 0 Å². The van der Waals surface area contributed by atoms with E-state index >= 15 is 0 Å². The first-order valence-electron chi connectivity index (χ1n) is 13.3. The van der Waals surface area contributed by atoms with E-state index in [9.17, 15) is 14.4 Å². The number of carbonyl (C=O) groups excluding carboxylic acids is 2. The lowest BCUT2D eigenvalue weighted by atomic mass is 9.86. The zero-order valence-corrected chi connectivity index (χ0v) is 24.9. The van der Waals surface area contributed by atoms with Crippen molar-refractivity contribution >= 4 is 46.2 Å². The SMILES string of the molecule is Cc1ccc(Nc2cc(-c3cccc(NC(=O)c4ccc(C(C)(C)C)cc4)c3C)cn(C)c2=O)cc1NC(=O)CCl. The standard InChI is InChI=1S/C33H35ClN4O3/c1-20-10-15-25(17-28(20)36-30(39)18-34)35-29-16-23(19-38(6)32(29)41)26-8-7-9-27(21(26)2)37-31(40)22-11-13-24(14-12-22)33(3,4)5/h7-17,19,35H,18H2,1-6H3,(H,36,39)(H,37,40). The van der Waals surface area contributed by atoms with Gasteiger partial charge in [-0.15, -0.1) is 11.6 Å². The van der Waals surface area contributed by atoms with E-state index in [-0.39, 0.29) is 28.7 Å². The Hall–Kier alpha value is -4.36. The molecule has 3 aromatic carbocycles. The van der Waals surface area contributed by atoms with Crippen molar-refractivity contribution in [3.05, 3.63) is 106 Å². The molecule has 0 saturated carbocycles. The monoisotopic (exact) mass is 570 g/mol. The molecule has 2 amide bonds. The molecule has 3 N–H and O–H groups in total. The Kier molecular flexibility index (Phi) is 8.69. The van der Waals surface area contributed by atoms with Crippen LogP contribution in [0.3, 0.4) is 0 Å². The molecule has 4 rings (SSSR count). The minimum absolute atomic E-state index is 0.00528. The molecule has 0 radical (unpaired) electrons. The molecule has 0 aliphatic carbocycles. The van der Waals surface area contributed by atoms with Gasteiger partial charge in [-0.3, -0.25) is 14.4 Å². The maximum Gasteiger partial charge on any atom is 0.274 e. The van der Waals surface area contributed by atoms with Gasteiger partial charge in [0.1, 0.15) is 11.6 Å². The van der Waals surface area contributed by atoms with Crippen LogP contribution in [0.5, 0.6) is 0 Å². The zero-order valence-electron chi connectivity index (χ0n) is 24.2. The second-order valence-electron chi connectivity index (χ2n) is 11.2. The van der Waals surface area contributed by atoms with Gasteiger partial charge in [0.25, 0.3) is 11.5 Å². The van der Waals surface area contributed by atoms with Crippen LogP contribution in [-0.2, 0) is 17.3 Å². The molecule has 1 heterocycles. The van der Waals surface area contributed by atoms with Crippen molar-refractivity contribution in [3.63, 3.8) is 0 Å². The quantitative estimate of drug-likeness (QED) is 0.206. The Labute approximate surface area is 245 Å². The van der Waals surface area contributed by atoms with Gasteiger partial charge < -0.3 is 20.5 Å². The number of amides is 2. The van der Waals surface area contributed by atoms with Crippen LogP contribution in [0, 0.1) is 13.8 Å². The summed E-state index contributed by atoms with van der Waals surface area (Å²) in [5, 5.41) is 9.01. The molecule has 0 aliphatic rings. The topological polar surface area (TPSA) is 92.2 Å². The summed E-state index contributed by atoms with van der Waals surface area (Å²) in [6.07, 6.45) is 1.77. The Morgan fingerprint density at radius 1 is 0.878 bits per heavy atom. The average molecular weight is 571 g/mol. The van der Waals surface area contributed by atoms with Crippen LogP contribution in [0.15, 0.2) is 77.7 Å². The van der Waals surface area contributed by atoms with Crippen molar-refractivity contribution in [2.75, 3.05) is 21.8 Å². The molecule has 8 heteroatoms. The lowest BCUT2D eigenvalue weighted by Gasteiger charge is -2.19. The Morgan fingerprint density at radius 3 is 2.24 bits per heavy atom. The highest BCUT2D eigenvalue weighted by Gasteiger charge is 2.16. The van der Waals surface area contributed by atoms with E-state index in [1.807, 2.05) is 68.4 Å². The number of aromatic nitrogens is 1. The van der Waals surface area contributed by atoms with Crippen LogP contribution in [0.25, 0.3) is 11.1 Å². The Bertz CT molecular complexity index is 1670. The zero-order chi connectivity index (χ0) is 29.9. The van der Waals surface area contributed by atoms with Crippen molar-refractivity contribution in [3.8, 4) is 11.1 Å². The number of nitrogens with one attached hydrogen (secondary N) is 3. The molecular weight excluding hydrogens is 536 g/mol. The molecule has 212 valence electrons. The van der Waals surface area contributed by atoms with E-state index in [0.29, 0.717) is 28.3 Å². The molecule has 0 saturated heterocycles. The predicted octanol–water partition coefficient (Wildman–Crippen LogP) is 7.14. The summed E-state index contributed by atoms with van der Waals surface area (Å²) >= 11 is 5.65. The van der Waals surface area contributed by atoms with Crippen molar-refractivity contribution in [2.45, 2.75) is 40.0 Å². The number of hydrogen-bond donors (Lipinski definition) is 3. The molecule has 0 bridgehead atoms. The maximum atomic E-state index is 13.1. The summed E-state index contributed by atoms with van der Waals surface area (Å²) in [5.74, 6) is -0.652. The number of alkyl halides is 1. The van der Waals surface area contributed by atoms with Crippen LogP contribution in [0.1, 0.15) is 47.8 Å². The fourth-order valence-electron chi connectivity index (χ4n) is 4.52. The molecule has 0 fully saturated rings. The van der Waals surface area contributed by atoms with Gasteiger partial charge in [0, 0.05) is 41.4 Å². The van der Waals surface area contributed by atoms with E-state index < -0.39 is 0 Å². The molecule has 1 aromatic heterocycles. The summed E-state index contributed by atoms with van der Waals surface area (Å²) < 4.78 is 1.52. The van der Waals surface area contributed by atoms with Crippen LogP contribution in [0.4, 0.5) is 22.7 Å². The highest BCUT2D eigenvalue weighted by Crippen LogP contribution is 2.31. The highest BCUT2D eigenvalue weighted by atomic mass is 35.5. The van der Waals surface area contributed by atoms with E-state index in [1.54, 1.807) is 25.4 Å². The van der Waals surface area contributed by atoms with Crippen molar-refractivity contribution in [1.29, 1.82) is 0 Å². The second-order valence-corrected chi connectivity index (χ2v) is 11.4. The summed E-state index contributed by atoms with van der Waals surface area (Å²) in [4.78, 5) is 37.9. The summed E-state index contributed by atoms with van der Waals surface area (Å²) in [7, 11) is 1.69. The second kappa shape index (κ2) is 12.0. The number of halogens is 1. The number of nitrogens with zero attached hydrogens (tertiary/aromatic N) is 1. The van der Waals surface area contributed by atoms with Crippen molar-refractivity contribution in [2.24, 2.45) is 7.05 Å². The van der Waals surface area contributed by atoms with Gasteiger partial charge in [-0.2, -0.15) is 0 Å². The lowest BCUT2D eigenvalue weighted by molar-refractivity contribution is -0.113. The first kappa shape index (κ1) is 29.6. The number of benzene rings is 3. The summed E-state index contributed by atoms with van der Waals surface area (Å²) in [5.41, 5.74) is 7.28. The Morgan fingerprint density at radius 2 is 1.59 bits per heavy atom. The first-order chi connectivity index (χ1) is 19.4. The van der Waals surface area contributed by atoms with Gasteiger partial charge in [0.2, 0.25) is 5.91 Å². The van der Waals surface area contributed by atoms with Gasteiger partial charge in [-0.25, -0.2) is 0 Å². The fourth-order valence-corrected chi connectivity index (χ4v) is 4.59. The largest absolute Gasteiger partial charge is 0.351 e. The van der Waals surface area contributed by atoms with Crippen LogP contribution >= 0.6 is 11.6 Å². The number of aryl methyl sites for hydroxylation is 2. The third-order valence-electron chi connectivity index (χ3n) is 7.00. The van der Waals surface area contributed by atoms with Gasteiger partial charge in [-0.05, 0) is 77.9 Å². The molecule has 41 heavy (non-hydrogen) atoms. The lowest BCUT2D eigenvalue weighted by Crippen LogP contribution is -2.20. The minimum Gasteiger partial charge on any atom is -0.351 e. The van der Waals surface area contributed by atoms with E-state index in [4.69, 9.17) is 11.6 Å². The first-order valence-corrected chi connectivity index (χ1v) is 13.9. The summed E-state index contributed by atoms with van der Waals surface area (Å²) in [6, 6.07) is 20.6. The molecule has 0 unspecified atom stereocenters. The predicted molar refractivity (Wildman–Crippen MR) is 169 cm³/mol. The van der Waals surface area contributed by atoms with E-state index in [2.05, 4.69) is 36.7 Å². The molecule has 0 spiro atoms. The maximum absolute atomic E-state index is 13.1. The smallest absolute Gasteiger partial charge is 0.274 e. The Balaban J connectivity index is 1.62. The van der Waals surface area contributed by atoms with Crippen molar-refractivity contribution in [1.82, 2.24) is 4.57 Å². The third kappa shape index (κ3) is 6.87. The van der Waals surface area contributed by atoms with Crippen molar-refractivity contribution < 1.29 is 9.59 Å². The molecule has 7 nitrogen and oxygen atoms in total. The normalized spacial score (nSPS) is 11.2. The number of hydrogen-bond acceptors (Lipinski definition) is 4. The van der Waals surface area contributed by atoms with Gasteiger partial charge in [-0.1, -0.05) is 51.1 Å².